The van der Waals surface area contributed by atoms with E-state index in [0.29, 0.717) is 16.1 Å². The average Bonchev–Trinajstić information content (AvgIpc) is 2.83. The molecule has 1 atom stereocenters. The van der Waals surface area contributed by atoms with Gasteiger partial charge in [-0.05, 0) is 48.9 Å². The monoisotopic (exact) mass is 514 g/mol. The van der Waals surface area contributed by atoms with E-state index in [1.165, 1.54) is 25.1 Å². The molecule has 3 aromatic carbocycles. The van der Waals surface area contributed by atoms with Crippen molar-refractivity contribution < 1.29 is 32.7 Å². The number of carbonyl (C=O) groups is 3. The van der Waals surface area contributed by atoms with Crippen LogP contribution in [0.5, 0.6) is 0 Å². The Morgan fingerprint density at radius 1 is 0.889 bits per heavy atom. The van der Waals surface area contributed by atoms with E-state index in [1.807, 2.05) is 0 Å². The van der Waals surface area contributed by atoms with Crippen molar-refractivity contribution in [1.29, 1.82) is 0 Å². The molecule has 2 amide bonds. The van der Waals surface area contributed by atoms with E-state index in [0.717, 1.165) is 23.9 Å². The average molecular weight is 515 g/mol. The molecule has 0 saturated carbocycles. The van der Waals surface area contributed by atoms with Gasteiger partial charge in [-0.1, -0.05) is 42.5 Å². The van der Waals surface area contributed by atoms with Gasteiger partial charge >= 0.3 is 12.1 Å². The molecule has 0 aliphatic rings. The number of carbonyl (C=O) groups excluding carboxylic acids is 2. The van der Waals surface area contributed by atoms with E-state index in [-0.39, 0.29) is 11.3 Å². The highest BCUT2D eigenvalue weighted by atomic mass is 32.2. The molecule has 10 heteroatoms. The normalized spacial score (nSPS) is 12.5. The van der Waals surface area contributed by atoms with Gasteiger partial charge in [-0.15, -0.1) is 11.8 Å². The Kier molecular flexibility index (Phi) is 8.55. The number of para-hydroxylation sites is 1. The third-order valence-corrected chi connectivity index (χ3v) is 6.16. The van der Waals surface area contributed by atoms with E-state index in [1.54, 1.807) is 54.6 Å². The molecule has 0 aliphatic carbocycles. The molecule has 0 bridgehead atoms. The number of benzene rings is 3. The fourth-order valence-electron chi connectivity index (χ4n) is 3.13. The highest BCUT2D eigenvalue weighted by Crippen LogP contribution is 2.39. The molecule has 0 radical (unpaired) electrons. The second kappa shape index (κ2) is 11.6. The zero-order chi connectivity index (χ0) is 26.3. The van der Waals surface area contributed by atoms with Crippen LogP contribution < -0.4 is 10.6 Å². The van der Waals surface area contributed by atoms with Gasteiger partial charge in [-0.3, -0.25) is 9.59 Å². The highest BCUT2D eigenvalue weighted by molar-refractivity contribution is 8.00. The lowest BCUT2D eigenvalue weighted by Crippen LogP contribution is -2.21. The van der Waals surface area contributed by atoms with E-state index >= 15 is 0 Å². The van der Waals surface area contributed by atoms with Crippen LogP contribution in [0.25, 0.3) is 0 Å². The summed E-state index contributed by atoms with van der Waals surface area (Å²) in [5, 5.41) is 12.9. The van der Waals surface area contributed by atoms with Crippen molar-refractivity contribution in [1.82, 2.24) is 0 Å². The molecule has 0 heterocycles. The van der Waals surface area contributed by atoms with Gasteiger partial charge in [0.15, 0.2) is 0 Å². The van der Waals surface area contributed by atoms with Gasteiger partial charge in [0.1, 0.15) is 5.25 Å². The molecule has 6 nitrogen and oxygen atoms in total. The van der Waals surface area contributed by atoms with Crippen LogP contribution in [0.3, 0.4) is 0 Å². The van der Waals surface area contributed by atoms with Crippen molar-refractivity contribution in [2.24, 2.45) is 0 Å². The second-order valence-electron chi connectivity index (χ2n) is 7.59. The number of anilines is 2. The van der Waals surface area contributed by atoms with Gasteiger partial charge in [-0.25, -0.2) is 4.79 Å². The van der Waals surface area contributed by atoms with Crippen molar-refractivity contribution in [3.8, 4) is 0 Å². The Labute approximate surface area is 209 Å². The number of hydrogen-bond donors (Lipinski definition) is 3. The van der Waals surface area contributed by atoms with Crippen LogP contribution in [0.4, 0.5) is 24.5 Å². The van der Waals surface area contributed by atoms with Gasteiger partial charge in [-0.2, -0.15) is 13.2 Å². The molecule has 0 spiro atoms. The van der Waals surface area contributed by atoms with E-state index in [2.05, 4.69) is 10.6 Å². The zero-order valence-corrected chi connectivity index (χ0v) is 19.7. The fraction of sp³-hybridized carbons (Fsp3) is 0.115. The Hall–Kier alpha value is -4.05. The van der Waals surface area contributed by atoms with E-state index in [4.69, 9.17) is 5.11 Å². The predicted molar refractivity (Wildman–Crippen MR) is 132 cm³/mol. The minimum atomic E-state index is -4.63. The van der Waals surface area contributed by atoms with Gasteiger partial charge in [0.25, 0.3) is 0 Å². The lowest BCUT2D eigenvalue weighted by atomic mass is 10.1. The summed E-state index contributed by atoms with van der Waals surface area (Å²) in [7, 11) is 0. The van der Waals surface area contributed by atoms with Crippen LogP contribution in [0.15, 0.2) is 95.4 Å². The van der Waals surface area contributed by atoms with E-state index in [9.17, 15) is 27.6 Å². The summed E-state index contributed by atoms with van der Waals surface area (Å²) >= 11 is 1.13. The first-order valence-corrected chi connectivity index (χ1v) is 11.4. The van der Waals surface area contributed by atoms with Crippen LogP contribution in [0, 0.1) is 0 Å². The second-order valence-corrected chi connectivity index (χ2v) is 8.77. The molecule has 0 aromatic heterocycles. The molecule has 0 saturated heterocycles. The third-order valence-electron chi connectivity index (χ3n) is 4.89. The van der Waals surface area contributed by atoms with Crippen LogP contribution in [-0.4, -0.2) is 22.9 Å². The van der Waals surface area contributed by atoms with E-state index < -0.39 is 34.8 Å². The lowest BCUT2D eigenvalue weighted by molar-refractivity contribution is -0.137. The number of alkyl halides is 3. The maximum Gasteiger partial charge on any atom is 0.418 e. The Morgan fingerprint density at radius 2 is 1.50 bits per heavy atom. The quantitative estimate of drug-likeness (QED) is 0.248. The van der Waals surface area contributed by atoms with Crippen molar-refractivity contribution >= 4 is 40.9 Å². The van der Waals surface area contributed by atoms with Gasteiger partial charge in [0.2, 0.25) is 11.8 Å². The molecular formula is C26H21F3N2O4S. The smallest absolute Gasteiger partial charge is 0.418 e. The first kappa shape index (κ1) is 26.6. The summed E-state index contributed by atoms with van der Waals surface area (Å²) in [4.78, 5) is 36.6. The molecule has 36 heavy (non-hydrogen) atoms. The number of rotatable bonds is 8. The van der Waals surface area contributed by atoms with Crippen LogP contribution >= 0.6 is 11.8 Å². The van der Waals surface area contributed by atoms with Crippen molar-refractivity contribution in [2.45, 2.75) is 23.2 Å². The lowest BCUT2D eigenvalue weighted by Gasteiger charge is -2.19. The molecule has 0 aliphatic heterocycles. The van der Waals surface area contributed by atoms with Gasteiger partial charge < -0.3 is 15.7 Å². The first-order valence-electron chi connectivity index (χ1n) is 10.6. The van der Waals surface area contributed by atoms with Crippen molar-refractivity contribution in [3.05, 3.63) is 102 Å². The number of halogens is 3. The fourth-order valence-corrected chi connectivity index (χ4v) is 4.15. The summed E-state index contributed by atoms with van der Waals surface area (Å²) in [6, 6.07) is 19.8. The standard InChI is InChI=1S/C26H21F3N2O4S/c1-16(25(34)35)15-22(32)30-18-11-13-19(14-12-18)36-23(17-7-3-2-4-8-17)24(33)31-21-10-6-5-9-20(21)26(27,28)29/h2-15,23H,1H3,(H,30,32)(H,31,33)(H,34,35)/b16-15+/t23-/m1/s1. The first-order chi connectivity index (χ1) is 17.0. The molecule has 186 valence electrons. The maximum absolute atomic E-state index is 13.4. The number of carboxylic acid groups (broad SMARTS) is 1. The number of thioether (sulfide) groups is 1. The molecule has 3 aromatic rings. The Balaban J connectivity index is 1.80. The SMILES string of the molecule is C/C(=C\C(=O)Nc1ccc(S[C@@H](C(=O)Nc2ccccc2C(F)(F)F)c2ccccc2)cc1)C(=O)O. The van der Waals surface area contributed by atoms with Gasteiger partial charge in [0.05, 0.1) is 11.3 Å². The highest BCUT2D eigenvalue weighted by Gasteiger charge is 2.34. The summed E-state index contributed by atoms with van der Waals surface area (Å²) in [6.07, 6.45) is -3.67. The van der Waals surface area contributed by atoms with Crippen LogP contribution in [0.1, 0.15) is 23.3 Å². The summed E-state index contributed by atoms with van der Waals surface area (Å²) in [6.45, 7) is 1.30. The van der Waals surface area contributed by atoms with Crippen molar-refractivity contribution in [2.75, 3.05) is 10.6 Å². The summed E-state index contributed by atoms with van der Waals surface area (Å²) < 4.78 is 40.2. The minimum Gasteiger partial charge on any atom is -0.478 e. The minimum absolute atomic E-state index is 0.122. The molecule has 0 unspecified atom stereocenters. The van der Waals surface area contributed by atoms with Gasteiger partial charge in [0, 0.05) is 22.2 Å². The molecule has 0 fully saturated rings. The predicted octanol–water partition coefficient (Wildman–Crippen LogP) is 6.15. The number of carboxylic acids is 1. The molecular weight excluding hydrogens is 493 g/mol. The molecule has 3 N–H and O–H groups in total. The number of aliphatic carboxylic acids is 1. The topological polar surface area (TPSA) is 95.5 Å². The summed E-state index contributed by atoms with van der Waals surface area (Å²) in [5.41, 5.74) is -0.403. The van der Waals surface area contributed by atoms with Crippen molar-refractivity contribution in [3.63, 3.8) is 0 Å². The van der Waals surface area contributed by atoms with Crippen LogP contribution in [0.2, 0.25) is 0 Å². The summed E-state index contributed by atoms with van der Waals surface area (Å²) in [5.74, 6) is -2.45. The molecule has 3 rings (SSSR count). The number of nitrogens with one attached hydrogen (secondary N) is 2. The maximum atomic E-state index is 13.4. The largest absolute Gasteiger partial charge is 0.478 e. The Bertz CT molecular complexity index is 1280. The Morgan fingerprint density at radius 3 is 2.11 bits per heavy atom. The zero-order valence-electron chi connectivity index (χ0n) is 18.9. The number of hydrogen-bond acceptors (Lipinski definition) is 4. The van der Waals surface area contributed by atoms with Crippen LogP contribution in [-0.2, 0) is 20.6 Å². The number of amides is 2. The third kappa shape index (κ3) is 7.22.